The van der Waals surface area contributed by atoms with Crippen molar-refractivity contribution in [3.63, 3.8) is 0 Å². The highest BCUT2D eigenvalue weighted by Gasteiger charge is 2.14. The van der Waals surface area contributed by atoms with Gasteiger partial charge < -0.3 is 15.0 Å². The smallest absolute Gasteiger partial charge is 0.317 e. The van der Waals surface area contributed by atoms with Gasteiger partial charge in [-0.05, 0) is 25.0 Å². The summed E-state index contributed by atoms with van der Waals surface area (Å²) >= 11 is 0. The number of rotatable bonds is 4. The van der Waals surface area contributed by atoms with Crippen LogP contribution in [0.25, 0.3) is 10.9 Å². The molecular weight excluding hydrogens is 290 g/mol. The summed E-state index contributed by atoms with van der Waals surface area (Å²) in [5.41, 5.74) is 0.855. The number of para-hydroxylation sites is 1. The minimum atomic E-state index is 0.0199. The third kappa shape index (κ3) is 4.12. The number of likely N-dealkylation sites (tertiary alicyclic amines) is 1. The van der Waals surface area contributed by atoms with Gasteiger partial charge in [0.25, 0.3) is 0 Å². The minimum Gasteiger partial charge on any atom is -0.489 e. The number of fused-ring (bicyclic) bond motifs is 1. The van der Waals surface area contributed by atoms with Crippen molar-refractivity contribution in [2.75, 3.05) is 26.2 Å². The Morgan fingerprint density at radius 1 is 1.13 bits per heavy atom. The van der Waals surface area contributed by atoms with Gasteiger partial charge in [-0.2, -0.15) is 0 Å². The molecule has 1 aliphatic rings. The van der Waals surface area contributed by atoms with E-state index in [1.807, 2.05) is 35.2 Å². The van der Waals surface area contributed by atoms with E-state index < -0.39 is 0 Å². The molecule has 2 amide bonds. The van der Waals surface area contributed by atoms with Crippen LogP contribution in [0.2, 0.25) is 0 Å². The largest absolute Gasteiger partial charge is 0.489 e. The summed E-state index contributed by atoms with van der Waals surface area (Å²) in [7, 11) is 0. The van der Waals surface area contributed by atoms with E-state index in [2.05, 4.69) is 10.3 Å². The van der Waals surface area contributed by atoms with Gasteiger partial charge in [-0.3, -0.25) is 4.98 Å². The van der Waals surface area contributed by atoms with E-state index in [0.29, 0.717) is 13.2 Å². The molecule has 5 heteroatoms. The summed E-state index contributed by atoms with van der Waals surface area (Å²) in [5, 5.41) is 3.99. The van der Waals surface area contributed by atoms with Crippen molar-refractivity contribution in [3.8, 4) is 5.75 Å². The van der Waals surface area contributed by atoms with Crippen molar-refractivity contribution in [3.05, 3.63) is 36.5 Å². The zero-order valence-corrected chi connectivity index (χ0v) is 13.3. The molecule has 1 fully saturated rings. The van der Waals surface area contributed by atoms with Crippen molar-refractivity contribution in [1.82, 2.24) is 15.2 Å². The zero-order chi connectivity index (χ0) is 15.9. The predicted molar refractivity (Wildman–Crippen MR) is 90.7 cm³/mol. The van der Waals surface area contributed by atoms with Crippen LogP contribution in [-0.4, -0.2) is 42.2 Å². The van der Waals surface area contributed by atoms with Crippen molar-refractivity contribution in [2.24, 2.45) is 0 Å². The first-order chi connectivity index (χ1) is 11.3. The molecule has 0 bridgehead atoms. The molecule has 2 heterocycles. The number of aromatic nitrogens is 1. The van der Waals surface area contributed by atoms with Crippen LogP contribution < -0.4 is 10.1 Å². The molecule has 122 valence electrons. The summed E-state index contributed by atoms with van der Waals surface area (Å²) in [6, 6.07) is 9.81. The lowest BCUT2D eigenvalue weighted by atomic mass is 10.2. The number of pyridine rings is 1. The van der Waals surface area contributed by atoms with Crippen LogP contribution in [0.1, 0.15) is 25.7 Å². The van der Waals surface area contributed by atoms with E-state index in [1.54, 1.807) is 6.20 Å². The quantitative estimate of drug-likeness (QED) is 0.882. The van der Waals surface area contributed by atoms with Crippen LogP contribution in [0.3, 0.4) is 0 Å². The Labute approximate surface area is 136 Å². The molecule has 0 spiro atoms. The molecule has 0 atom stereocenters. The zero-order valence-electron chi connectivity index (χ0n) is 13.3. The van der Waals surface area contributed by atoms with E-state index >= 15 is 0 Å². The number of amides is 2. The van der Waals surface area contributed by atoms with Crippen LogP contribution in [0.15, 0.2) is 36.5 Å². The van der Waals surface area contributed by atoms with E-state index in [0.717, 1.165) is 42.6 Å². The monoisotopic (exact) mass is 313 g/mol. The highest BCUT2D eigenvalue weighted by atomic mass is 16.5. The average molecular weight is 313 g/mol. The van der Waals surface area contributed by atoms with E-state index in [4.69, 9.17) is 4.74 Å². The molecule has 1 aromatic carbocycles. The Morgan fingerprint density at radius 2 is 1.91 bits per heavy atom. The molecule has 1 aliphatic heterocycles. The van der Waals surface area contributed by atoms with Gasteiger partial charge in [0.05, 0.1) is 6.54 Å². The first-order valence-electron chi connectivity index (χ1n) is 8.34. The summed E-state index contributed by atoms with van der Waals surface area (Å²) in [5.74, 6) is 0.757. The molecule has 0 unspecified atom stereocenters. The van der Waals surface area contributed by atoms with E-state index in [1.165, 1.54) is 12.8 Å². The topological polar surface area (TPSA) is 54.5 Å². The molecule has 1 N–H and O–H groups in total. The van der Waals surface area contributed by atoms with Crippen LogP contribution in [0.4, 0.5) is 4.79 Å². The van der Waals surface area contributed by atoms with E-state index in [9.17, 15) is 4.79 Å². The molecule has 2 aromatic rings. The second kappa shape index (κ2) is 7.81. The Kier molecular flexibility index (Phi) is 5.29. The second-order valence-corrected chi connectivity index (χ2v) is 5.81. The lowest BCUT2D eigenvalue weighted by Crippen LogP contribution is -2.41. The Morgan fingerprint density at radius 3 is 2.74 bits per heavy atom. The molecule has 0 saturated carbocycles. The number of urea groups is 1. The number of nitrogens with one attached hydrogen (secondary N) is 1. The maximum atomic E-state index is 12.1. The molecule has 5 nitrogen and oxygen atoms in total. The normalized spacial score (nSPS) is 15.2. The number of hydrogen-bond acceptors (Lipinski definition) is 3. The third-order valence-electron chi connectivity index (χ3n) is 4.12. The molecular formula is C18H23N3O2. The fourth-order valence-corrected chi connectivity index (χ4v) is 2.90. The number of nitrogens with zero attached hydrogens (tertiary/aromatic N) is 2. The average Bonchev–Trinajstić information content (AvgIpc) is 2.88. The van der Waals surface area contributed by atoms with Gasteiger partial charge in [0, 0.05) is 24.7 Å². The number of carbonyl (C=O) groups excluding carboxylic acids is 1. The van der Waals surface area contributed by atoms with Crippen LogP contribution in [-0.2, 0) is 0 Å². The molecule has 0 aliphatic carbocycles. The van der Waals surface area contributed by atoms with Crippen LogP contribution in [0.5, 0.6) is 5.75 Å². The maximum Gasteiger partial charge on any atom is 0.317 e. The molecule has 3 rings (SSSR count). The van der Waals surface area contributed by atoms with Crippen LogP contribution in [0, 0.1) is 0 Å². The Hall–Kier alpha value is -2.30. The number of benzene rings is 1. The standard InChI is InChI=1S/C18H23N3O2/c22-18(21-12-3-1-2-4-13-21)20-11-14-23-16-9-5-7-15-8-6-10-19-17(15)16/h5-10H,1-4,11-14H2,(H,20,22). The van der Waals surface area contributed by atoms with Gasteiger partial charge in [0.15, 0.2) is 0 Å². The first kappa shape index (κ1) is 15.6. The minimum absolute atomic E-state index is 0.0199. The maximum absolute atomic E-state index is 12.1. The molecule has 23 heavy (non-hydrogen) atoms. The third-order valence-corrected chi connectivity index (χ3v) is 4.12. The molecule has 1 saturated heterocycles. The predicted octanol–water partition coefficient (Wildman–Crippen LogP) is 3.20. The summed E-state index contributed by atoms with van der Waals surface area (Å²) in [6.45, 7) is 2.66. The number of carbonyl (C=O) groups is 1. The number of hydrogen-bond donors (Lipinski definition) is 1. The fraction of sp³-hybridized carbons (Fsp3) is 0.444. The van der Waals surface area contributed by atoms with Gasteiger partial charge in [0.1, 0.15) is 17.9 Å². The second-order valence-electron chi connectivity index (χ2n) is 5.81. The van der Waals surface area contributed by atoms with Gasteiger partial charge in [-0.25, -0.2) is 4.79 Å². The highest BCUT2D eigenvalue weighted by molar-refractivity contribution is 5.84. The van der Waals surface area contributed by atoms with Crippen molar-refractivity contribution in [2.45, 2.75) is 25.7 Å². The van der Waals surface area contributed by atoms with Gasteiger partial charge in [-0.1, -0.05) is 31.0 Å². The molecule has 0 radical (unpaired) electrons. The Bertz CT molecular complexity index is 646. The van der Waals surface area contributed by atoms with Crippen molar-refractivity contribution < 1.29 is 9.53 Å². The number of ether oxygens (including phenoxy) is 1. The van der Waals surface area contributed by atoms with Gasteiger partial charge >= 0.3 is 6.03 Å². The summed E-state index contributed by atoms with van der Waals surface area (Å²) in [4.78, 5) is 18.4. The molecule has 1 aromatic heterocycles. The van der Waals surface area contributed by atoms with Gasteiger partial charge in [-0.15, -0.1) is 0 Å². The summed E-state index contributed by atoms with van der Waals surface area (Å²) in [6.07, 6.45) is 6.41. The fourth-order valence-electron chi connectivity index (χ4n) is 2.90. The van der Waals surface area contributed by atoms with Crippen molar-refractivity contribution in [1.29, 1.82) is 0 Å². The Balaban J connectivity index is 1.48. The van der Waals surface area contributed by atoms with Crippen LogP contribution >= 0.6 is 0 Å². The van der Waals surface area contributed by atoms with Gasteiger partial charge in [0.2, 0.25) is 0 Å². The highest BCUT2D eigenvalue weighted by Crippen LogP contribution is 2.22. The van der Waals surface area contributed by atoms with E-state index in [-0.39, 0.29) is 6.03 Å². The lowest BCUT2D eigenvalue weighted by Gasteiger charge is -2.20. The lowest BCUT2D eigenvalue weighted by molar-refractivity contribution is 0.196. The first-order valence-corrected chi connectivity index (χ1v) is 8.34. The van der Waals surface area contributed by atoms with Crippen molar-refractivity contribution >= 4 is 16.9 Å². The SMILES string of the molecule is O=C(NCCOc1cccc2cccnc12)N1CCCCCC1. The summed E-state index contributed by atoms with van der Waals surface area (Å²) < 4.78 is 5.79.